The van der Waals surface area contributed by atoms with E-state index < -0.39 is 0 Å². The Morgan fingerprint density at radius 3 is 2.14 bits per heavy atom. The molecule has 122 valence electrons. The highest BCUT2D eigenvalue weighted by Gasteiger charge is 2.33. The zero-order chi connectivity index (χ0) is 15.3. The molecule has 1 aromatic rings. The fourth-order valence-electron chi connectivity index (χ4n) is 4.15. The van der Waals surface area contributed by atoms with E-state index in [0.717, 1.165) is 13.1 Å². The minimum atomic E-state index is 0.417. The van der Waals surface area contributed by atoms with Crippen molar-refractivity contribution in [2.45, 2.75) is 38.6 Å². The predicted molar refractivity (Wildman–Crippen MR) is 92.7 cm³/mol. The Bertz CT molecular complexity index is 431. The lowest BCUT2D eigenvalue weighted by Crippen LogP contribution is -2.51. The molecule has 2 N–H and O–H groups in total. The molecule has 3 nitrogen and oxygen atoms in total. The third kappa shape index (κ3) is 4.09. The summed E-state index contributed by atoms with van der Waals surface area (Å²) in [5.74, 6) is 0. The molecule has 2 aliphatic rings. The first kappa shape index (κ1) is 16.0. The normalized spacial score (nSPS) is 23.5. The third-order valence-corrected chi connectivity index (χ3v) is 5.62. The molecule has 22 heavy (non-hydrogen) atoms. The Balaban J connectivity index is 1.47. The summed E-state index contributed by atoms with van der Waals surface area (Å²) in [6.07, 6.45) is 6.85. The summed E-state index contributed by atoms with van der Waals surface area (Å²) >= 11 is 0. The highest BCUT2D eigenvalue weighted by atomic mass is 15.3. The molecule has 0 amide bonds. The number of nitrogens with zero attached hydrogens (tertiary/aromatic N) is 2. The van der Waals surface area contributed by atoms with Crippen LogP contribution >= 0.6 is 0 Å². The van der Waals surface area contributed by atoms with Gasteiger partial charge >= 0.3 is 0 Å². The number of hydrogen-bond donors (Lipinski definition) is 1. The van der Waals surface area contributed by atoms with Crippen molar-refractivity contribution >= 4 is 0 Å². The van der Waals surface area contributed by atoms with Crippen LogP contribution in [0.2, 0.25) is 0 Å². The van der Waals surface area contributed by atoms with Gasteiger partial charge in [-0.15, -0.1) is 0 Å². The van der Waals surface area contributed by atoms with Crippen LogP contribution < -0.4 is 5.73 Å². The van der Waals surface area contributed by atoms with Crippen LogP contribution in [-0.4, -0.2) is 49.1 Å². The Hall–Kier alpha value is -0.900. The van der Waals surface area contributed by atoms with Crippen LogP contribution in [0.3, 0.4) is 0 Å². The molecule has 1 aliphatic heterocycles. The molecule has 0 spiro atoms. The topological polar surface area (TPSA) is 32.5 Å². The van der Waals surface area contributed by atoms with E-state index in [0.29, 0.717) is 5.41 Å². The van der Waals surface area contributed by atoms with E-state index in [9.17, 15) is 0 Å². The van der Waals surface area contributed by atoms with Gasteiger partial charge in [-0.1, -0.05) is 49.6 Å². The van der Waals surface area contributed by atoms with Gasteiger partial charge in [-0.2, -0.15) is 0 Å². The molecule has 1 aromatic carbocycles. The summed E-state index contributed by atoms with van der Waals surface area (Å²) in [7, 11) is 0. The van der Waals surface area contributed by atoms with Gasteiger partial charge in [0.05, 0.1) is 0 Å². The number of hydrogen-bond acceptors (Lipinski definition) is 3. The summed E-state index contributed by atoms with van der Waals surface area (Å²) in [5.41, 5.74) is 8.00. The second-order valence-corrected chi connectivity index (χ2v) is 7.30. The fourth-order valence-corrected chi connectivity index (χ4v) is 4.15. The maximum atomic E-state index is 6.15. The lowest BCUT2D eigenvalue weighted by atomic mass is 9.73. The number of piperazine rings is 1. The Morgan fingerprint density at radius 1 is 0.864 bits per heavy atom. The van der Waals surface area contributed by atoms with Crippen molar-refractivity contribution < 1.29 is 0 Å². The van der Waals surface area contributed by atoms with E-state index >= 15 is 0 Å². The van der Waals surface area contributed by atoms with Crippen molar-refractivity contribution in [3.05, 3.63) is 35.9 Å². The third-order valence-electron chi connectivity index (χ3n) is 5.62. The average Bonchev–Trinajstić information content (AvgIpc) is 2.58. The van der Waals surface area contributed by atoms with Crippen LogP contribution in [0.4, 0.5) is 0 Å². The van der Waals surface area contributed by atoms with Gasteiger partial charge in [-0.3, -0.25) is 4.90 Å². The van der Waals surface area contributed by atoms with E-state index in [2.05, 4.69) is 40.1 Å². The lowest BCUT2D eigenvalue weighted by molar-refractivity contribution is 0.0645. The zero-order valence-corrected chi connectivity index (χ0v) is 13.8. The Labute approximate surface area is 135 Å². The van der Waals surface area contributed by atoms with Crippen molar-refractivity contribution in [1.29, 1.82) is 0 Å². The van der Waals surface area contributed by atoms with Gasteiger partial charge in [0.2, 0.25) is 0 Å². The molecule has 0 radical (unpaired) electrons. The van der Waals surface area contributed by atoms with E-state index in [1.165, 1.54) is 70.4 Å². The first-order valence-electron chi connectivity index (χ1n) is 8.98. The molecule has 3 rings (SSSR count). The highest BCUT2D eigenvalue weighted by molar-refractivity contribution is 5.14. The van der Waals surface area contributed by atoms with Gasteiger partial charge in [-0.05, 0) is 30.4 Å². The smallest absolute Gasteiger partial charge is 0.0234 e. The minimum Gasteiger partial charge on any atom is -0.330 e. The van der Waals surface area contributed by atoms with Crippen LogP contribution in [0.15, 0.2) is 30.3 Å². The maximum Gasteiger partial charge on any atom is 0.0234 e. The number of benzene rings is 1. The minimum absolute atomic E-state index is 0.417. The van der Waals surface area contributed by atoms with Gasteiger partial charge in [-0.25, -0.2) is 0 Å². The Morgan fingerprint density at radius 2 is 1.50 bits per heavy atom. The molecule has 0 atom stereocenters. The molecule has 0 aromatic heterocycles. The molecule has 1 saturated carbocycles. The van der Waals surface area contributed by atoms with Crippen LogP contribution in [0, 0.1) is 5.41 Å². The van der Waals surface area contributed by atoms with E-state index in [1.54, 1.807) is 0 Å². The van der Waals surface area contributed by atoms with Crippen LogP contribution in [0.25, 0.3) is 0 Å². The standard InChI is InChI=1S/C19H31N3/c20-16-19(9-5-2-6-10-19)17-22-13-11-21(12-14-22)15-18-7-3-1-4-8-18/h1,3-4,7-8H,2,5-6,9-17,20H2. The van der Waals surface area contributed by atoms with Gasteiger partial charge in [0, 0.05) is 39.3 Å². The average molecular weight is 301 g/mol. The van der Waals surface area contributed by atoms with Crippen LogP contribution in [-0.2, 0) is 6.54 Å². The van der Waals surface area contributed by atoms with Crippen molar-refractivity contribution in [3.8, 4) is 0 Å². The fraction of sp³-hybridized carbons (Fsp3) is 0.684. The molecule has 1 aliphatic carbocycles. The quantitative estimate of drug-likeness (QED) is 0.907. The van der Waals surface area contributed by atoms with Crippen molar-refractivity contribution in [2.75, 3.05) is 39.3 Å². The van der Waals surface area contributed by atoms with Crippen molar-refractivity contribution in [3.63, 3.8) is 0 Å². The molecule has 0 bridgehead atoms. The molecule has 1 heterocycles. The van der Waals surface area contributed by atoms with E-state index in [4.69, 9.17) is 5.73 Å². The summed E-state index contributed by atoms with van der Waals surface area (Å²) < 4.78 is 0. The molecule has 0 unspecified atom stereocenters. The summed E-state index contributed by atoms with van der Waals surface area (Å²) in [4.78, 5) is 5.25. The molecule has 3 heteroatoms. The first-order chi connectivity index (χ1) is 10.8. The molecule has 1 saturated heterocycles. The molecule has 2 fully saturated rings. The van der Waals surface area contributed by atoms with Crippen molar-refractivity contribution in [2.24, 2.45) is 11.1 Å². The van der Waals surface area contributed by atoms with Gasteiger partial charge < -0.3 is 10.6 Å². The van der Waals surface area contributed by atoms with Gasteiger partial charge in [0.1, 0.15) is 0 Å². The van der Waals surface area contributed by atoms with E-state index in [-0.39, 0.29) is 0 Å². The summed E-state index contributed by atoms with van der Waals surface area (Å²) in [6.45, 7) is 7.98. The first-order valence-corrected chi connectivity index (χ1v) is 8.98. The predicted octanol–water partition coefficient (Wildman–Crippen LogP) is 2.71. The second-order valence-electron chi connectivity index (χ2n) is 7.30. The largest absolute Gasteiger partial charge is 0.330 e. The van der Waals surface area contributed by atoms with Crippen molar-refractivity contribution in [1.82, 2.24) is 9.80 Å². The monoisotopic (exact) mass is 301 g/mol. The zero-order valence-electron chi connectivity index (χ0n) is 13.8. The Kier molecular flexibility index (Phi) is 5.51. The second kappa shape index (κ2) is 7.58. The van der Waals surface area contributed by atoms with Gasteiger partial charge in [0.15, 0.2) is 0 Å². The highest BCUT2D eigenvalue weighted by Crippen LogP contribution is 2.36. The molecular formula is C19H31N3. The van der Waals surface area contributed by atoms with Crippen LogP contribution in [0.1, 0.15) is 37.7 Å². The van der Waals surface area contributed by atoms with Gasteiger partial charge in [0.25, 0.3) is 0 Å². The summed E-state index contributed by atoms with van der Waals surface area (Å²) in [5, 5.41) is 0. The number of rotatable bonds is 5. The SMILES string of the molecule is NCC1(CN2CCN(Cc3ccccc3)CC2)CCCCC1. The maximum absolute atomic E-state index is 6.15. The number of nitrogens with two attached hydrogens (primary N) is 1. The molecular weight excluding hydrogens is 270 g/mol. The summed E-state index contributed by atoms with van der Waals surface area (Å²) in [6, 6.07) is 10.8. The van der Waals surface area contributed by atoms with E-state index in [1.807, 2.05) is 0 Å². The lowest BCUT2D eigenvalue weighted by Gasteiger charge is -2.43. The van der Waals surface area contributed by atoms with Crippen LogP contribution in [0.5, 0.6) is 0 Å².